The highest BCUT2D eigenvalue weighted by molar-refractivity contribution is 6.16. The molecule has 2 heterocycles. The van der Waals surface area contributed by atoms with Gasteiger partial charge in [-0.25, -0.2) is 4.57 Å². The van der Waals surface area contributed by atoms with E-state index in [1.807, 2.05) is 0 Å². The van der Waals surface area contributed by atoms with Crippen molar-refractivity contribution in [2.45, 2.75) is 20.8 Å². The fourth-order valence-corrected chi connectivity index (χ4v) is 3.47. The number of nitrogens with zero attached hydrogens (tertiary/aromatic N) is 1. The molecule has 0 aliphatic carbocycles. The van der Waals surface area contributed by atoms with Crippen molar-refractivity contribution in [2.24, 2.45) is 7.05 Å². The molecule has 2 aromatic heterocycles. The molecule has 104 valence electrons. The molecule has 0 amide bonds. The normalized spacial score (nSPS) is 11.8. The molecule has 0 saturated carbocycles. The highest BCUT2D eigenvalue weighted by Crippen LogP contribution is 2.36. The first kappa shape index (κ1) is 12.4. The number of benzene rings is 2. The van der Waals surface area contributed by atoms with Gasteiger partial charge >= 0.3 is 0 Å². The molecule has 1 N–H and O–H groups in total. The summed E-state index contributed by atoms with van der Waals surface area (Å²) in [5, 5.41) is 5.37. The molecule has 0 radical (unpaired) electrons. The Hall–Kier alpha value is -2.35. The van der Waals surface area contributed by atoms with Crippen LogP contribution in [0, 0.1) is 20.8 Å². The van der Waals surface area contributed by atoms with Crippen molar-refractivity contribution in [3.63, 3.8) is 0 Å². The van der Waals surface area contributed by atoms with Gasteiger partial charge in [0.15, 0.2) is 12.4 Å². The van der Waals surface area contributed by atoms with Crippen LogP contribution < -0.4 is 4.57 Å². The van der Waals surface area contributed by atoms with Gasteiger partial charge in [-0.15, -0.1) is 0 Å². The van der Waals surface area contributed by atoms with Crippen LogP contribution in [0.1, 0.15) is 16.7 Å². The summed E-state index contributed by atoms with van der Waals surface area (Å²) in [5.41, 5.74) is 6.49. The average molecular weight is 275 g/mol. The molecule has 0 saturated heterocycles. The largest absolute Gasteiger partial charge is 0.354 e. The highest BCUT2D eigenvalue weighted by atomic mass is 14.9. The quantitative estimate of drug-likeness (QED) is 0.463. The minimum atomic E-state index is 1.22. The van der Waals surface area contributed by atoms with Gasteiger partial charge in [-0.1, -0.05) is 11.6 Å². The Bertz CT molecular complexity index is 1020. The number of hydrogen-bond acceptors (Lipinski definition) is 0. The van der Waals surface area contributed by atoms with E-state index in [0.717, 1.165) is 0 Å². The predicted octanol–water partition coefficient (Wildman–Crippen LogP) is 4.22. The fourth-order valence-electron chi connectivity index (χ4n) is 3.47. The summed E-state index contributed by atoms with van der Waals surface area (Å²) in [4.78, 5) is 3.61. The van der Waals surface area contributed by atoms with Crippen molar-refractivity contribution in [3.05, 3.63) is 53.3 Å². The van der Waals surface area contributed by atoms with Crippen molar-refractivity contribution < 1.29 is 4.57 Å². The maximum Gasteiger partial charge on any atom is 0.176 e. The lowest BCUT2D eigenvalue weighted by Crippen LogP contribution is -2.26. The maximum absolute atomic E-state index is 3.61. The molecule has 4 rings (SSSR count). The number of hydrogen-bond donors (Lipinski definition) is 1. The molecule has 2 heteroatoms. The van der Waals surface area contributed by atoms with Gasteiger partial charge in [-0.05, 0) is 49.4 Å². The van der Waals surface area contributed by atoms with Gasteiger partial charge in [0.2, 0.25) is 0 Å². The topological polar surface area (TPSA) is 19.7 Å². The molecule has 0 aliphatic heterocycles. The van der Waals surface area contributed by atoms with Crippen molar-refractivity contribution in [3.8, 4) is 0 Å². The number of nitrogens with one attached hydrogen (secondary N) is 1. The molecule has 0 unspecified atom stereocenters. The Kier molecular flexibility index (Phi) is 2.41. The lowest BCUT2D eigenvalue weighted by atomic mass is 9.96. The zero-order chi connectivity index (χ0) is 14.7. The van der Waals surface area contributed by atoms with E-state index in [2.05, 4.69) is 74.0 Å². The van der Waals surface area contributed by atoms with E-state index >= 15 is 0 Å². The highest BCUT2D eigenvalue weighted by Gasteiger charge is 2.15. The van der Waals surface area contributed by atoms with Crippen molar-refractivity contribution in [1.29, 1.82) is 0 Å². The smallest absolute Gasteiger partial charge is 0.176 e. The summed E-state index contributed by atoms with van der Waals surface area (Å²) < 4.78 is 2.13. The first-order chi connectivity index (χ1) is 10.1. The summed E-state index contributed by atoms with van der Waals surface area (Å²) in [6.45, 7) is 6.60. The summed E-state index contributed by atoms with van der Waals surface area (Å²) in [6.07, 6.45) is 4.35. The van der Waals surface area contributed by atoms with E-state index in [1.54, 1.807) is 0 Å². The third-order valence-electron chi connectivity index (χ3n) is 4.61. The number of aryl methyl sites for hydroxylation is 4. The van der Waals surface area contributed by atoms with Gasteiger partial charge in [0, 0.05) is 27.7 Å². The minimum Gasteiger partial charge on any atom is -0.354 e. The van der Waals surface area contributed by atoms with Gasteiger partial charge in [0.25, 0.3) is 0 Å². The number of aromatic amines is 1. The Balaban J connectivity index is 2.34. The Morgan fingerprint density at radius 2 is 1.71 bits per heavy atom. The van der Waals surface area contributed by atoms with Gasteiger partial charge in [-0.2, -0.15) is 0 Å². The van der Waals surface area contributed by atoms with Gasteiger partial charge in [-0.3, -0.25) is 0 Å². The third kappa shape index (κ3) is 1.62. The van der Waals surface area contributed by atoms with Crippen LogP contribution in [-0.4, -0.2) is 4.98 Å². The van der Waals surface area contributed by atoms with E-state index in [-0.39, 0.29) is 0 Å². The van der Waals surface area contributed by atoms with Crippen molar-refractivity contribution >= 4 is 32.6 Å². The van der Waals surface area contributed by atoms with Crippen LogP contribution in [0.25, 0.3) is 32.6 Å². The van der Waals surface area contributed by atoms with Crippen LogP contribution in [0.4, 0.5) is 0 Å². The average Bonchev–Trinajstić information content (AvgIpc) is 2.83. The van der Waals surface area contributed by atoms with Gasteiger partial charge in [0.05, 0.1) is 5.52 Å². The van der Waals surface area contributed by atoms with Gasteiger partial charge < -0.3 is 4.98 Å². The number of fused-ring (bicyclic) bond motifs is 4. The SMILES string of the molecule is Cc1ccc2[nH]c3c(C)c4cc[n+](C)cc4c(C)c3c2c1. The van der Waals surface area contributed by atoms with Crippen molar-refractivity contribution in [2.75, 3.05) is 0 Å². The molecule has 21 heavy (non-hydrogen) atoms. The minimum absolute atomic E-state index is 1.22. The number of rotatable bonds is 0. The number of aromatic nitrogens is 2. The first-order valence-electron chi connectivity index (χ1n) is 7.36. The second kappa shape index (κ2) is 4.08. The second-order valence-corrected chi connectivity index (χ2v) is 6.11. The predicted molar refractivity (Wildman–Crippen MR) is 88.7 cm³/mol. The van der Waals surface area contributed by atoms with E-state index < -0.39 is 0 Å². The van der Waals surface area contributed by atoms with E-state index in [4.69, 9.17) is 0 Å². The monoisotopic (exact) mass is 275 g/mol. The molecule has 4 aromatic rings. The fraction of sp³-hybridized carbons (Fsp3) is 0.211. The summed E-state index contributed by atoms with van der Waals surface area (Å²) in [5.74, 6) is 0. The zero-order valence-electron chi connectivity index (χ0n) is 12.9. The third-order valence-corrected chi connectivity index (χ3v) is 4.61. The maximum atomic E-state index is 3.61. The molecular formula is C19H19N2+. The van der Waals surface area contributed by atoms with Crippen LogP contribution >= 0.6 is 0 Å². The summed E-state index contributed by atoms with van der Waals surface area (Å²) in [6, 6.07) is 8.86. The Morgan fingerprint density at radius 3 is 2.52 bits per heavy atom. The van der Waals surface area contributed by atoms with E-state index in [1.165, 1.54) is 49.3 Å². The Morgan fingerprint density at radius 1 is 0.905 bits per heavy atom. The van der Waals surface area contributed by atoms with Crippen LogP contribution in [0.3, 0.4) is 0 Å². The molecule has 2 nitrogen and oxygen atoms in total. The number of H-pyrrole nitrogens is 1. The lowest BCUT2D eigenvalue weighted by molar-refractivity contribution is -0.670. The van der Waals surface area contributed by atoms with Crippen LogP contribution in [0.2, 0.25) is 0 Å². The summed E-state index contributed by atoms with van der Waals surface area (Å²) in [7, 11) is 2.08. The van der Waals surface area contributed by atoms with E-state index in [0.29, 0.717) is 0 Å². The number of pyridine rings is 1. The molecule has 0 aliphatic rings. The van der Waals surface area contributed by atoms with Crippen LogP contribution in [0.5, 0.6) is 0 Å². The lowest BCUT2D eigenvalue weighted by Gasteiger charge is -2.07. The molecule has 0 fully saturated rings. The summed E-state index contributed by atoms with van der Waals surface area (Å²) >= 11 is 0. The molecule has 0 atom stereocenters. The molecule has 0 spiro atoms. The zero-order valence-corrected chi connectivity index (χ0v) is 12.9. The van der Waals surface area contributed by atoms with Crippen LogP contribution in [-0.2, 0) is 7.05 Å². The molecular weight excluding hydrogens is 256 g/mol. The Labute approximate surface area is 124 Å². The van der Waals surface area contributed by atoms with Crippen LogP contribution in [0.15, 0.2) is 36.7 Å². The van der Waals surface area contributed by atoms with Crippen molar-refractivity contribution in [1.82, 2.24) is 4.98 Å². The molecule has 0 bridgehead atoms. The van der Waals surface area contributed by atoms with Gasteiger partial charge in [0.1, 0.15) is 7.05 Å². The van der Waals surface area contributed by atoms with E-state index in [9.17, 15) is 0 Å². The second-order valence-electron chi connectivity index (χ2n) is 6.11. The molecule has 2 aromatic carbocycles. The first-order valence-corrected chi connectivity index (χ1v) is 7.36. The standard InChI is InChI=1S/C19H18N2/c1-11-5-6-17-15(9-11)18-12(2)16-10-21(4)8-7-14(16)13(3)19(18)20-17/h5-10H,1-4H3/p+1.